The third-order valence-electron chi connectivity index (χ3n) is 4.06. The van der Waals surface area contributed by atoms with Crippen molar-refractivity contribution in [2.45, 2.75) is 25.8 Å². The van der Waals surface area contributed by atoms with Gasteiger partial charge < -0.3 is 10.0 Å². The molecule has 1 aliphatic heterocycles. The summed E-state index contributed by atoms with van der Waals surface area (Å²) in [4.78, 5) is 37.9. The first kappa shape index (κ1) is 15.2. The van der Waals surface area contributed by atoms with Crippen LogP contribution in [-0.2, 0) is 11.3 Å². The van der Waals surface area contributed by atoms with E-state index in [-0.39, 0.29) is 28.9 Å². The van der Waals surface area contributed by atoms with Crippen molar-refractivity contribution in [2.24, 2.45) is 0 Å². The number of carboxylic acid groups (broad SMARTS) is 1. The van der Waals surface area contributed by atoms with Gasteiger partial charge in [-0.25, -0.2) is 9.48 Å². The van der Waals surface area contributed by atoms with Gasteiger partial charge in [-0.2, -0.15) is 5.10 Å². The second-order valence-corrected chi connectivity index (χ2v) is 5.60. The van der Waals surface area contributed by atoms with Crippen molar-refractivity contribution >= 4 is 22.6 Å². The molecule has 3 rings (SSSR count). The van der Waals surface area contributed by atoms with Crippen LogP contribution in [0.4, 0.5) is 0 Å². The number of rotatable bonds is 3. The van der Waals surface area contributed by atoms with Gasteiger partial charge in [-0.3, -0.25) is 9.59 Å². The van der Waals surface area contributed by atoms with Gasteiger partial charge in [0.1, 0.15) is 6.54 Å². The molecule has 0 radical (unpaired) electrons. The lowest BCUT2D eigenvalue weighted by atomic mass is 10.1. The molecular formula is C16H17N3O4. The molecule has 0 aliphatic carbocycles. The topological polar surface area (TPSA) is 92.5 Å². The molecule has 0 unspecified atom stereocenters. The van der Waals surface area contributed by atoms with Gasteiger partial charge in [0.25, 0.3) is 5.56 Å². The van der Waals surface area contributed by atoms with E-state index in [9.17, 15) is 19.5 Å². The van der Waals surface area contributed by atoms with Gasteiger partial charge in [0, 0.05) is 18.5 Å². The van der Waals surface area contributed by atoms with E-state index in [0.29, 0.717) is 13.1 Å². The zero-order valence-corrected chi connectivity index (χ0v) is 12.6. The summed E-state index contributed by atoms with van der Waals surface area (Å²) in [5.41, 5.74) is -0.664. The average molecular weight is 315 g/mol. The van der Waals surface area contributed by atoms with E-state index < -0.39 is 11.5 Å². The monoisotopic (exact) mass is 315 g/mol. The van der Waals surface area contributed by atoms with E-state index in [1.807, 2.05) is 0 Å². The fourth-order valence-electron chi connectivity index (χ4n) is 2.87. The highest BCUT2D eigenvalue weighted by Gasteiger charge is 2.20. The number of benzene rings is 1. The van der Waals surface area contributed by atoms with Crippen molar-refractivity contribution in [1.82, 2.24) is 14.7 Å². The number of hydrogen-bond donors (Lipinski definition) is 1. The zero-order chi connectivity index (χ0) is 16.4. The van der Waals surface area contributed by atoms with Crippen LogP contribution >= 0.6 is 0 Å². The van der Waals surface area contributed by atoms with E-state index in [1.165, 1.54) is 0 Å². The van der Waals surface area contributed by atoms with Gasteiger partial charge >= 0.3 is 5.97 Å². The number of carboxylic acids is 1. The third-order valence-corrected chi connectivity index (χ3v) is 4.06. The van der Waals surface area contributed by atoms with E-state index in [2.05, 4.69) is 5.10 Å². The molecular weight excluding hydrogens is 298 g/mol. The minimum Gasteiger partial charge on any atom is -0.476 e. The standard InChI is InChI=1S/C16H17N3O4/c20-13(18-8-4-1-5-9-18)10-19-15(21)12-7-3-2-6-11(12)14(17-19)16(22)23/h2-3,6-7H,1,4-5,8-10H2,(H,22,23). The van der Waals surface area contributed by atoms with Crippen molar-refractivity contribution in [1.29, 1.82) is 0 Å². The molecule has 1 fully saturated rings. The highest BCUT2D eigenvalue weighted by Crippen LogP contribution is 2.14. The van der Waals surface area contributed by atoms with E-state index >= 15 is 0 Å². The summed E-state index contributed by atoms with van der Waals surface area (Å²) < 4.78 is 0.961. The number of nitrogens with zero attached hydrogens (tertiary/aromatic N) is 3. The van der Waals surface area contributed by atoms with Crippen molar-refractivity contribution in [3.8, 4) is 0 Å². The minimum absolute atomic E-state index is 0.203. The van der Waals surface area contributed by atoms with Gasteiger partial charge in [0.15, 0.2) is 5.69 Å². The zero-order valence-electron chi connectivity index (χ0n) is 12.6. The quantitative estimate of drug-likeness (QED) is 0.916. The molecule has 2 aromatic rings. The Kier molecular flexibility index (Phi) is 4.10. The molecule has 0 atom stereocenters. The first-order valence-corrected chi connectivity index (χ1v) is 7.59. The highest BCUT2D eigenvalue weighted by molar-refractivity contribution is 6.01. The molecule has 1 aliphatic rings. The molecule has 0 spiro atoms. The van der Waals surface area contributed by atoms with Crippen molar-refractivity contribution < 1.29 is 14.7 Å². The largest absolute Gasteiger partial charge is 0.476 e. The number of piperidine rings is 1. The predicted molar refractivity (Wildman–Crippen MR) is 83.4 cm³/mol. The number of carbonyl (C=O) groups is 2. The number of aromatic nitrogens is 2. The molecule has 1 amide bonds. The molecule has 1 saturated heterocycles. The van der Waals surface area contributed by atoms with Crippen LogP contribution in [0.25, 0.3) is 10.8 Å². The summed E-state index contributed by atoms with van der Waals surface area (Å²) in [6, 6.07) is 6.41. The highest BCUT2D eigenvalue weighted by atomic mass is 16.4. The van der Waals surface area contributed by atoms with Gasteiger partial charge in [-0.05, 0) is 25.3 Å². The molecule has 120 valence electrons. The Morgan fingerprint density at radius 3 is 2.39 bits per heavy atom. The first-order valence-electron chi connectivity index (χ1n) is 7.59. The maximum Gasteiger partial charge on any atom is 0.357 e. The van der Waals surface area contributed by atoms with Gasteiger partial charge in [0.2, 0.25) is 5.91 Å². The van der Waals surface area contributed by atoms with Crippen molar-refractivity contribution in [3.05, 3.63) is 40.3 Å². The fraction of sp³-hybridized carbons (Fsp3) is 0.375. The lowest BCUT2D eigenvalue weighted by Gasteiger charge is -2.26. The first-order chi connectivity index (χ1) is 11.1. The van der Waals surface area contributed by atoms with Crippen LogP contribution in [0.3, 0.4) is 0 Å². The second kappa shape index (κ2) is 6.20. The molecule has 2 heterocycles. The molecule has 1 N–H and O–H groups in total. The Bertz CT molecular complexity index is 822. The lowest BCUT2D eigenvalue weighted by molar-refractivity contribution is -0.133. The summed E-state index contributed by atoms with van der Waals surface area (Å²) in [7, 11) is 0. The van der Waals surface area contributed by atoms with Crippen LogP contribution < -0.4 is 5.56 Å². The number of amides is 1. The molecule has 1 aromatic heterocycles. The molecule has 1 aromatic carbocycles. The summed E-state index contributed by atoms with van der Waals surface area (Å²) in [6.07, 6.45) is 3.00. The Balaban J connectivity index is 2.00. The number of aromatic carboxylic acids is 1. The average Bonchev–Trinajstić information content (AvgIpc) is 2.58. The molecule has 23 heavy (non-hydrogen) atoms. The maximum atomic E-state index is 12.5. The third kappa shape index (κ3) is 2.94. The lowest BCUT2D eigenvalue weighted by Crippen LogP contribution is -2.40. The molecule has 0 bridgehead atoms. The second-order valence-electron chi connectivity index (χ2n) is 5.60. The van der Waals surface area contributed by atoms with Gasteiger partial charge in [-0.1, -0.05) is 18.2 Å². The number of fused-ring (bicyclic) bond motifs is 1. The Labute approximate surface area is 132 Å². The van der Waals surface area contributed by atoms with Crippen LogP contribution in [0.1, 0.15) is 29.8 Å². The molecule has 7 nitrogen and oxygen atoms in total. The Morgan fingerprint density at radius 2 is 1.74 bits per heavy atom. The smallest absolute Gasteiger partial charge is 0.357 e. The fourth-order valence-corrected chi connectivity index (χ4v) is 2.87. The van der Waals surface area contributed by atoms with Gasteiger partial charge in [-0.15, -0.1) is 0 Å². The Morgan fingerprint density at radius 1 is 1.09 bits per heavy atom. The van der Waals surface area contributed by atoms with Crippen LogP contribution in [0, 0.1) is 0 Å². The van der Waals surface area contributed by atoms with E-state index in [0.717, 1.165) is 23.9 Å². The van der Waals surface area contributed by atoms with E-state index in [1.54, 1.807) is 29.2 Å². The van der Waals surface area contributed by atoms with Crippen molar-refractivity contribution in [2.75, 3.05) is 13.1 Å². The maximum absolute atomic E-state index is 12.5. The van der Waals surface area contributed by atoms with Crippen LogP contribution in [0.2, 0.25) is 0 Å². The summed E-state index contributed by atoms with van der Waals surface area (Å²) in [5, 5.41) is 13.7. The van der Waals surface area contributed by atoms with E-state index in [4.69, 9.17) is 0 Å². The van der Waals surface area contributed by atoms with Crippen LogP contribution in [0.5, 0.6) is 0 Å². The van der Waals surface area contributed by atoms with Gasteiger partial charge in [0.05, 0.1) is 5.39 Å². The number of likely N-dealkylation sites (tertiary alicyclic amines) is 1. The molecule has 0 saturated carbocycles. The normalized spacial score (nSPS) is 14.9. The van der Waals surface area contributed by atoms with Crippen molar-refractivity contribution in [3.63, 3.8) is 0 Å². The number of hydrogen-bond acceptors (Lipinski definition) is 4. The summed E-state index contributed by atoms with van der Waals surface area (Å²) >= 11 is 0. The van der Waals surface area contributed by atoms with Crippen LogP contribution in [-0.4, -0.2) is 44.8 Å². The minimum atomic E-state index is -1.22. The van der Waals surface area contributed by atoms with Crippen LogP contribution in [0.15, 0.2) is 29.1 Å². The Hall–Kier alpha value is -2.70. The predicted octanol–water partition coefficient (Wildman–Crippen LogP) is 1.11. The SMILES string of the molecule is O=C(O)c1nn(CC(=O)N2CCCCC2)c(=O)c2ccccc12. The summed E-state index contributed by atoms with van der Waals surface area (Å²) in [6.45, 7) is 1.11. The molecule has 7 heteroatoms. The summed E-state index contributed by atoms with van der Waals surface area (Å²) in [5.74, 6) is -1.42. The number of carbonyl (C=O) groups excluding carboxylic acids is 1.